The molecule has 0 saturated heterocycles. The summed E-state index contributed by atoms with van der Waals surface area (Å²) in [6.07, 6.45) is 0.817. The van der Waals surface area contributed by atoms with Crippen LogP contribution in [0.1, 0.15) is 17.4 Å². The lowest BCUT2D eigenvalue weighted by Crippen LogP contribution is -2.09. The van der Waals surface area contributed by atoms with E-state index >= 15 is 0 Å². The highest BCUT2D eigenvalue weighted by molar-refractivity contribution is 14.1. The van der Waals surface area contributed by atoms with E-state index in [0.717, 1.165) is 13.6 Å². The predicted octanol–water partition coefficient (Wildman–Crippen LogP) is 2.88. The largest absolute Gasteiger partial charge is 0.493 e. The molecule has 2 rings (SSSR count). The normalized spacial score (nSPS) is 12.5. The van der Waals surface area contributed by atoms with Gasteiger partial charge in [0.2, 0.25) is 0 Å². The molecule has 96 valence electrons. The van der Waals surface area contributed by atoms with E-state index in [1.54, 1.807) is 25.0 Å². The average molecular weight is 423 g/mol. The Balaban J connectivity index is 2.50. The molecule has 0 saturated carbocycles. The smallest absolute Gasteiger partial charge is 0.162 e. The van der Waals surface area contributed by atoms with E-state index in [1.165, 1.54) is 0 Å². The third-order valence-corrected chi connectivity index (χ3v) is 4.07. The Morgan fingerprint density at radius 3 is 2.89 bits per heavy atom. The maximum Gasteiger partial charge on any atom is 0.162 e. The Hall–Kier alpha value is -0.600. The van der Waals surface area contributed by atoms with Gasteiger partial charge in [0.25, 0.3) is 0 Å². The van der Waals surface area contributed by atoms with Gasteiger partial charge in [-0.1, -0.05) is 15.9 Å². The van der Waals surface area contributed by atoms with Gasteiger partial charge in [0, 0.05) is 20.7 Å². The molecule has 1 atom stereocenters. The van der Waals surface area contributed by atoms with Gasteiger partial charge in [-0.2, -0.15) is 5.10 Å². The maximum atomic E-state index is 10.5. The second-order valence-corrected chi connectivity index (χ2v) is 5.89. The molecule has 1 N–H and O–H groups in total. The fraction of sp³-hybridized carbons (Fsp3) is 0.250. The molecule has 1 unspecified atom stereocenters. The van der Waals surface area contributed by atoms with Crippen LogP contribution < -0.4 is 4.74 Å². The number of aryl methyl sites for hydroxylation is 1. The fourth-order valence-corrected chi connectivity index (χ4v) is 2.75. The van der Waals surface area contributed by atoms with E-state index in [1.807, 2.05) is 18.2 Å². The number of ether oxygens (including phenoxy) is 1. The lowest BCUT2D eigenvalue weighted by atomic mass is 10.1. The summed E-state index contributed by atoms with van der Waals surface area (Å²) in [7, 11) is 3.35. The van der Waals surface area contributed by atoms with Crippen LogP contribution in [0, 0.1) is 3.57 Å². The molecule has 1 aromatic heterocycles. The molecule has 0 radical (unpaired) electrons. The number of benzene rings is 1. The van der Waals surface area contributed by atoms with E-state index in [4.69, 9.17) is 4.74 Å². The van der Waals surface area contributed by atoms with Crippen molar-refractivity contribution in [3.63, 3.8) is 0 Å². The third-order valence-electron chi connectivity index (χ3n) is 2.68. The lowest BCUT2D eigenvalue weighted by Gasteiger charge is -2.15. The molecule has 1 heterocycles. The predicted molar refractivity (Wildman–Crippen MR) is 80.7 cm³/mol. The van der Waals surface area contributed by atoms with Gasteiger partial charge in [-0.15, -0.1) is 0 Å². The highest BCUT2D eigenvalue weighted by atomic mass is 127. The molecule has 0 aliphatic heterocycles. The lowest BCUT2D eigenvalue weighted by molar-refractivity contribution is 0.203. The quantitative estimate of drug-likeness (QED) is 0.773. The Bertz CT molecular complexity index is 571. The monoisotopic (exact) mass is 422 g/mol. The standard InChI is InChI=1S/C12H12BrIN2O2/c1-16-11(10(18-2)6-15-16)12(17)8-5-7(14)3-4-9(8)13/h3-6,12,17H,1-2H3. The summed E-state index contributed by atoms with van der Waals surface area (Å²) in [6.45, 7) is 0. The third kappa shape index (κ3) is 2.55. The topological polar surface area (TPSA) is 47.3 Å². The van der Waals surface area contributed by atoms with E-state index in [0.29, 0.717) is 11.4 Å². The zero-order valence-corrected chi connectivity index (χ0v) is 13.6. The summed E-state index contributed by atoms with van der Waals surface area (Å²) in [5.74, 6) is 0.579. The van der Waals surface area contributed by atoms with Gasteiger partial charge in [-0.25, -0.2) is 0 Å². The van der Waals surface area contributed by atoms with Crippen molar-refractivity contribution >= 4 is 38.5 Å². The molecule has 1 aromatic carbocycles. The van der Waals surface area contributed by atoms with Gasteiger partial charge < -0.3 is 9.84 Å². The summed E-state index contributed by atoms with van der Waals surface area (Å²) < 4.78 is 8.76. The van der Waals surface area contributed by atoms with Crippen LogP contribution in [-0.2, 0) is 7.05 Å². The van der Waals surface area contributed by atoms with Crippen LogP contribution in [-0.4, -0.2) is 22.0 Å². The number of rotatable bonds is 3. The van der Waals surface area contributed by atoms with Crippen LogP contribution in [0.5, 0.6) is 5.75 Å². The number of aliphatic hydroxyl groups excluding tert-OH is 1. The van der Waals surface area contributed by atoms with Gasteiger partial charge >= 0.3 is 0 Å². The molecule has 0 amide bonds. The first-order valence-corrected chi connectivity index (χ1v) is 7.10. The molecule has 0 bridgehead atoms. The molecule has 0 spiro atoms. The molecular formula is C12H12BrIN2O2. The SMILES string of the molecule is COc1cnn(C)c1C(O)c1cc(I)ccc1Br. The van der Waals surface area contributed by atoms with E-state index in [9.17, 15) is 5.11 Å². The highest BCUT2D eigenvalue weighted by Gasteiger charge is 2.22. The van der Waals surface area contributed by atoms with Crippen molar-refractivity contribution in [3.8, 4) is 5.75 Å². The van der Waals surface area contributed by atoms with Crippen LogP contribution in [0.2, 0.25) is 0 Å². The molecule has 2 aromatic rings. The first-order chi connectivity index (χ1) is 8.54. The van der Waals surface area contributed by atoms with E-state index in [2.05, 4.69) is 43.6 Å². The zero-order valence-electron chi connectivity index (χ0n) is 9.89. The molecule has 18 heavy (non-hydrogen) atoms. The summed E-state index contributed by atoms with van der Waals surface area (Å²) in [5.41, 5.74) is 1.43. The summed E-state index contributed by atoms with van der Waals surface area (Å²) in [6, 6.07) is 5.83. The minimum Gasteiger partial charge on any atom is -0.493 e. The van der Waals surface area contributed by atoms with Crippen LogP contribution in [0.3, 0.4) is 0 Å². The summed E-state index contributed by atoms with van der Waals surface area (Å²) in [5, 5.41) is 14.6. The van der Waals surface area contributed by atoms with Crippen LogP contribution >= 0.6 is 38.5 Å². The van der Waals surface area contributed by atoms with Gasteiger partial charge in [0.05, 0.1) is 13.3 Å². The van der Waals surface area contributed by atoms with Crippen LogP contribution in [0.25, 0.3) is 0 Å². The van der Waals surface area contributed by atoms with Crippen molar-refractivity contribution in [2.45, 2.75) is 6.10 Å². The molecule has 0 aliphatic carbocycles. The number of hydrogen-bond donors (Lipinski definition) is 1. The number of aliphatic hydroxyl groups is 1. The number of methoxy groups -OCH3 is 1. The van der Waals surface area contributed by atoms with Crippen molar-refractivity contribution in [2.24, 2.45) is 7.05 Å². The first kappa shape index (κ1) is 13.8. The van der Waals surface area contributed by atoms with Gasteiger partial charge in [-0.3, -0.25) is 4.68 Å². The molecule has 0 aliphatic rings. The second kappa shape index (κ2) is 5.58. The maximum absolute atomic E-state index is 10.5. The van der Waals surface area contributed by atoms with Gasteiger partial charge in [0.15, 0.2) is 5.75 Å². The summed E-state index contributed by atoms with van der Waals surface area (Å²) >= 11 is 5.67. The first-order valence-electron chi connectivity index (χ1n) is 5.23. The van der Waals surface area contributed by atoms with Gasteiger partial charge in [0.1, 0.15) is 11.8 Å². The van der Waals surface area contributed by atoms with Gasteiger partial charge in [-0.05, 0) is 40.8 Å². The molecule has 0 fully saturated rings. The second-order valence-electron chi connectivity index (χ2n) is 3.79. The number of hydrogen-bond acceptors (Lipinski definition) is 3. The van der Waals surface area contributed by atoms with Crippen LogP contribution in [0.15, 0.2) is 28.9 Å². The zero-order chi connectivity index (χ0) is 13.3. The number of aromatic nitrogens is 2. The molecule has 4 nitrogen and oxygen atoms in total. The average Bonchev–Trinajstić information content (AvgIpc) is 2.72. The Labute approximate surface area is 127 Å². The highest BCUT2D eigenvalue weighted by Crippen LogP contribution is 2.33. The van der Waals surface area contributed by atoms with Crippen molar-refractivity contribution in [2.75, 3.05) is 7.11 Å². The van der Waals surface area contributed by atoms with E-state index in [-0.39, 0.29) is 0 Å². The number of nitrogens with zero attached hydrogens (tertiary/aromatic N) is 2. The van der Waals surface area contributed by atoms with Crippen molar-refractivity contribution in [1.82, 2.24) is 9.78 Å². The van der Waals surface area contributed by atoms with Crippen molar-refractivity contribution in [3.05, 3.63) is 43.7 Å². The molecule has 6 heteroatoms. The Kier molecular flexibility index (Phi) is 4.29. The minimum atomic E-state index is -0.781. The fourth-order valence-electron chi connectivity index (χ4n) is 1.77. The minimum absolute atomic E-state index is 0.579. The number of halogens is 2. The van der Waals surface area contributed by atoms with E-state index < -0.39 is 6.10 Å². The Morgan fingerprint density at radius 2 is 2.22 bits per heavy atom. The molecular weight excluding hydrogens is 411 g/mol. The Morgan fingerprint density at radius 1 is 1.50 bits per heavy atom. The van der Waals surface area contributed by atoms with Crippen LogP contribution in [0.4, 0.5) is 0 Å². The van der Waals surface area contributed by atoms with Crippen molar-refractivity contribution in [1.29, 1.82) is 0 Å². The summed E-state index contributed by atoms with van der Waals surface area (Å²) in [4.78, 5) is 0. The van der Waals surface area contributed by atoms with Crippen molar-refractivity contribution < 1.29 is 9.84 Å².